The molecule has 0 bridgehead atoms. The number of hydrogen-bond donors (Lipinski definition) is 0. The molecule has 7 radical (unpaired) electrons. The van der Waals surface area contributed by atoms with Crippen LogP contribution in [0.25, 0.3) is 0 Å². The number of allylic oxidation sites excluding steroid dienone is 1. The fraction of sp³-hybridized carbons (Fsp3) is 0.824. The summed E-state index contributed by atoms with van der Waals surface area (Å²) in [5.74, 6) is 0.493. The van der Waals surface area contributed by atoms with E-state index in [0.29, 0.717) is 12.3 Å². The number of carbonyl (C=O) groups is 1. The van der Waals surface area contributed by atoms with Gasteiger partial charge in [-0.15, -0.1) is 6.58 Å². The van der Waals surface area contributed by atoms with E-state index in [0.717, 1.165) is 6.42 Å². The largest absolute Gasteiger partial charge is 0.464 e. The molecular formula is C17H31B4NO+. The Balaban J connectivity index is 5.37. The number of quaternary nitrogens is 1. The van der Waals surface area contributed by atoms with Gasteiger partial charge in [-0.3, -0.25) is 0 Å². The molecule has 0 aliphatic carbocycles. The number of rotatable bonds is 9. The lowest BCUT2D eigenvalue weighted by molar-refractivity contribution is -0.812. The van der Waals surface area contributed by atoms with Gasteiger partial charge in [0.2, 0.25) is 7.28 Å². The summed E-state index contributed by atoms with van der Waals surface area (Å²) in [4.78, 5) is 11.9. The Morgan fingerprint density at radius 3 is 1.87 bits per heavy atom. The van der Waals surface area contributed by atoms with Crippen LogP contribution >= 0.6 is 0 Å². The molecule has 0 rings (SSSR count). The summed E-state index contributed by atoms with van der Waals surface area (Å²) in [6.45, 7) is 20.1. The maximum absolute atomic E-state index is 11.9. The Labute approximate surface area is 149 Å². The zero-order valence-electron chi connectivity index (χ0n) is 16.4. The number of carbonyl (C=O) groups excluding carboxylic acids is 1. The highest BCUT2D eigenvalue weighted by Gasteiger charge is 2.48. The molecule has 0 unspecified atom stereocenters. The van der Waals surface area contributed by atoms with E-state index in [2.05, 4.69) is 34.3 Å². The summed E-state index contributed by atoms with van der Waals surface area (Å²) in [6, 6.07) is 0. The van der Waals surface area contributed by atoms with Gasteiger partial charge in [0.05, 0.1) is 16.8 Å². The molecular weight excluding hydrogens is 277 g/mol. The minimum atomic E-state index is -0.436. The van der Waals surface area contributed by atoms with Crippen molar-refractivity contribution in [2.75, 3.05) is 0 Å². The minimum absolute atomic E-state index is 0.0530. The molecule has 23 heavy (non-hydrogen) atoms. The fourth-order valence-electron chi connectivity index (χ4n) is 3.71. The summed E-state index contributed by atoms with van der Waals surface area (Å²) in [5.41, 5.74) is -0.916. The summed E-state index contributed by atoms with van der Waals surface area (Å²) >= 11 is 0. The van der Waals surface area contributed by atoms with Gasteiger partial charge >= 0.3 is 16.0 Å². The first kappa shape index (κ1) is 22.6. The first-order valence-electron chi connectivity index (χ1n) is 8.26. The van der Waals surface area contributed by atoms with E-state index < -0.39 is 5.54 Å². The second-order valence-electron chi connectivity index (χ2n) is 9.20. The molecule has 0 atom stereocenters. The first-order chi connectivity index (χ1) is 9.95. The van der Waals surface area contributed by atoms with Crippen LogP contribution < -0.4 is 0 Å². The van der Waals surface area contributed by atoms with Crippen molar-refractivity contribution in [3.05, 3.63) is 12.1 Å². The predicted octanol–water partition coefficient (Wildman–Crippen LogP) is 3.08. The van der Waals surface area contributed by atoms with Crippen LogP contribution in [-0.2, 0) is 4.79 Å². The molecule has 2 nitrogen and oxygen atoms in total. The Morgan fingerprint density at radius 2 is 1.52 bits per heavy atom. The van der Waals surface area contributed by atoms with Gasteiger partial charge in [-0.2, -0.15) is 0 Å². The third kappa shape index (κ3) is 5.89. The molecule has 0 N–H and O–H groups in total. The van der Waals surface area contributed by atoms with E-state index in [4.69, 9.17) is 23.8 Å². The SMILES string of the molecule is [B]C(=C)C(=O)[B]C(C)(C)CC(C)(C)[N+]([B])([B])C(C)(C)CC(C)C. The van der Waals surface area contributed by atoms with Gasteiger partial charge in [0.1, 0.15) is 7.85 Å². The van der Waals surface area contributed by atoms with Crippen LogP contribution in [0.1, 0.15) is 68.2 Å². The number of nitrogens with zero attached hydrogens (tertiary/aromatic N) is 1. The molecule has 0 amide bonds. The maximum atomic E-state index is 11.9. The van der Waals surface area contributed by atoms with Crippen molar-refractivity contribution < 1.29 is 9.10 Å². The van der Waals surface area contributed by atoms with Crippen LogP contribution in [0.2, 0.25) is 5.31 Å². The third-order valence-electron chi connectivity index (χ3n) is 4.64. The van der Waals surface area contributed by atoms with Crippen molar-refractivity contribution in [1.82, 2.24) is 0 Å². The van der Waals surface area contributed by atoms with E-state index in [1.807, 2.05) is 27.7 Å². The van der Waals surface area contributed by atoms with Gasteiger partial charge in [0.15, 0.2) is 0 Å². The van der Waals surface area contributed by atoms with Crippen molar-refractivity contribution >= 4 is 36.8 Å². The van der Waals surface area contributed by atoms with Gasteiger partial charge in [0.25, 0.3) is 0 Å². The van der Waals surface area contributed by atoms with Crippen LogP contribution in [0, 0.1) is 5.92 Å². The van der Waals surface area contributed by atoms with Gasteiger partial charge in [0, 0.05) is 6.42 Å². The van der Waals surface area contributed by atoms with Crippen LogP contribution in [-0.4, -0.2) is 52.2 Å². The van der Waals surface area contributed by atoms with E-state index >= 15 is 0 Å². The zero-order chi connectivity index (χ0) is 18.9. The smallest absolute Gasteiger partial charge is 0.457 e. The summed E-state index contributed by atoms with van der Waals surface area (Å²) in [5, 5.41) is -0.390. The van der Waals surface area contributed by atoms with E-state index in [1.54, 1.807) is 7.28 Å². The van der Waals surface area contributed by atoms with Crippen LogP contribution in [0.15, 0.2) is 12.1 Å². The van der Waals surface area contributed by atoms with Crippen LogP contribution in [0.4, 0.5) is 0 Å². The van der Waals surface area contributed by atoms with E-state index in [-0.39, 0.29) is 26.3 Å². The summed E-state index contributed by atoms with van der Waals surface area (Å²) in [6.07, 6.45) is 1.56. The van der Waals surface area contributed by atoms with E-state index in [1.165, 1.54) is 0 Å². The Hall–Kier alpha value is -0.370. The maximum Gasteiger partial charge on any atom is 0.457 e. The standard InChI is InChI=1S/C17H31B4NO/c1-12(2)10-16(6,7)22(19,20)17(8,9)11-15(4,5)21-14(23)13(3)18/h12H,3,10-11H2,1-2,4-9H3/q+1. The topological polar surface area (TPSA) is 17.1 Å². The molecule has 0 fully saturated rings. The average molecular weight is 309 g/mol. The van der Waals surface area contributed by atoms with Gasteiger partial charge in [-0.1, -0.05) is 33.2 Å². The van der Waals surface area contributed by atoms with Crippen molar-refractivity contribution in [1.29, 1.82) is 0 Å². The zero-order valence-corrected chi connectivity index (χ0v) is 16.4. The summed E-state index contributed by atoms with van der Waals surface area (Å²) in [7, 11) is 20.3. The molecule has 0 aromatic rings. The molecule has 0 heterocycles. The van der Waals surface area contributed by atoms with Crippen LogP contribution in [0.3, 0.4) is 0 Å². The summed E-state index contributed by atoms with van der Waals surface area (Å²) < 4.78 is -0.104. The molecule has 0 saturated heterocycles. The van der Waals surface area contributed by atoms with Gasteiger partial charge < -0.3 is 9.10 Å². The monoisotopic (exact) mass is 309 g/mol. The molecule has 6 heteroatoms. The highest BCUT2D eigenvalue weighted by Crippen LogP contribution is 2.43. The van der Waals surface area contributed by atoms with Crippen molar-refractivity contribution in [3.8, 4) is 0 Å². The average Bonchev–Trinajstić information content (AvgIpc) is 2.23. The quantitative estimate of drug-likeness (QED) is 0.472. The third-order valence-corrected chi connectivity index (χ3v) is 4.64. The second kappa shape index (κ2) is 7.25. The lowest BCUT2D eigenvalue weighted by Crippen LogP contribution is -2.69. The molecule has 0 aromatic carbocycles. The minimum Gasteiger partial charge on any atom is -0.464 e. The lowest BCUT2D eigenvalue weighted by Gasteiger charge is -2.59. The van der Waals surface area contributed by atoms with Gasteiger partial charge in [-0.05, 0) is 45.3 Å². The van der Waals surface area contributed by atoms with E-state index in [9.17, 15) is 4.79 Å². The fourth-order valence-corrected chi connectivity index (χ4v) is 3.71. The highest BCUT2D eigenvalue weighted by molar-refractivity contribution is 6.82. The molecule has 0 spiro atoms. The Morgan fingerprint density at radius 1 is 1.09 bits per heavy atom. The van der Waals surface area contributed by atoms with Crippen molar-refractivity contribution in [2.24, 2.45) is 5.92 Å². The molecule has 0 aliphatic heterocycles. The first-order valence-corrected chi connectivity index (χ1v) is 8.26. The molecule has 0 saturated carbocycles. The predicted molar refractivity (Wildman–Crippen MR) is 104 cm³/mol. The second-order valence-corrected chi connectivity index (χ2v) is 9.20. The molecule has 121 valence electrons. The van der Waals surface area contributed by atoms with Gasteiger partial charge in [-0.25, -0.2) is 0 Å². The van der Waals surface area contributed by atoms with Crippen molar-refractivity contribution in [2.45, 2.75) is 84.6 Å². The lowest BCUT2D eigenvalue weighted by atomic mass is 9.46. The Bertz CT molecular complexity index is 454. The molecule has 0 aromatic heterocycles. The Kier molecular flexibility index (Phi) is 7.13. The number of hydrogen-bond acceptors (Lipinski definition) is 1. The normalized spacial score (nSPS) is 14.0. The van der Waals surface area contributed by atoms with Crippen LogP contribution in [0.5, 0.6) is 0 Å². The molecule has 0 aliphatic rings. The highest BCUT2D eigenvalue weighted by atomic mass is 16.1. The van der Waals surface area contributed by atoms with Crippen molar-refractivity contribution in [3.63, 3.8) is 0 Å².